The van der Waals surface area contributed by atoms with Gasteiger partial charge < -0.3 is 10.6 Å². The predicted octanol–water partition coefficient (Wildman–Crippen LogP) is 6.26. The number of carbonyl (C=O) groups is 2. The van der Waals surface area contributed by atoms with Gasteiger partial charge in [0.1, 0.15) is 11.6 Å². The van der Waals surface area contributed by atoms with Crippen molar-refractivity contribution in [2.45, 2.75) is 6.92 Å². The van der Waals surface area contributed by atoms with Crippen LogP contribution in [0, 0.1) is 18.6 Å². The van der Waals surface area contributed by atoms with Crippen LogP contribution in [0.2, 0.25) is 5.02 Å². The van der Waals surface area contributed by atoms with Gasteiger partial charge in [-0.3, -0.25) is 9.59 Å². The van der Waals surface area contributed by atoms with E-state index in [1.54, 1.807) is 13.0 Å². The lowest BCUT2D eigenvalue weighted by Crippen LogP contribution is -2.12. The van der Waals surface area contributed by atoms with E-state index in [4.69, 9.17) is 11.6 Å². The molecule has 4 nitrogen and oxygen atoms in total. The Morgan fingerprint density at radius 1 is 1.00 bits per heavy atom. The minimum Gasteiger partial charge on any atom is -0.320 e. The minimum atomic E-state index is -0.542. The summed E-state index contributed by atoms with van der Waals surface area (Å²) < 4.78 is 26.7. The first kappa shape index (κ1) is 20.4. The van der Waals surface area contributed by atoms with Crippen LogP contribution in [0.5, 0.6) is 0 Å². The van der Waals surface area contributed by atoms with Crippen molar-refractivity contribution in [2.75, 3.05) is 10.6 Å². The summed E-state index contributed by atoms with van der Waals surface area (Å²) in [4.78, 5) is 25.3. The summed E-state index contributed by atoms with van der Waals surface area (Å²) in [6, 6.07) is 9.05. The van der Waals surface area contributed by atoms with E-state index in [0.29, 0.717) is 25.6 Å². The number of rotatable bonds is 4. The zero-order valence-electron chi connectivity index (χ0n) is 14.3. The van der Waals surface area contributed by atoms with Crippen LogP contribution in [0.1, 0.15) is 25.6 Å². The third kappa shape index (κ3) is 4.57. The highest BCUT2D eigenvalue weighted by atomic mass is 79.9. The maximum absolute atomic E-state index is 13.2. The molecule has 0 aliphatic heterocycles. The molecule has 9 heteroatoms. The number of nitrogens with one attached hydrogen (secondary N) is 2. The fourth-order valence-electron chi connectivity index (χ4n) is 2.39. The Labute approximate surface area is 176 Å². The predicted molar refractivity (Wildman–Crippen MR) is 110 cm³/mol. The zero-order chi connectivity index (χ0) is 20.4. The lowest BCUT2D eigenvalue weighted by molar-refractivity contribution is 0.102. The lowest BCUT2D eigenvalue weighted by atomic mass is 10.2. The number of thiophene rings is 1. The van der Waals surface area contributed by atoms with Crippen molar-refractivity contribution in [2.24, 2.45) is 0 Å². The van der Waals surface area contributed by atoms with Crippen LogP contribution in [0.15, 0.2) is 46.9 Å². The second-order valence-electron chi connectivity index (χ2n) is 5.78. The van der Waals surface area contributed by atoms with E-state index in [1.807, 2.05) is 0 Å². The van der Waals surface area contributed by atoms with Crippen molar-refractivity contribution in [3.63, 3.8) is 0 Å². The average Bonchev–Trinajstić information content (AvgIpc) is 2.97. The molecule has 1 aromatic heterocycles. The third-order valence-corrected chi connectivity index (χ3v) is 5.84. The van der Waals surface area contributed by atoms with E-state index >= 15 is 0 Å². The molecule has 0 spiro atoms. The largest absolute Gasteiger partial charge is 0.320 e. The van der Waals surface area contributed by atoms with Gasteiger partial charge in [-0.1, -0.05) is 11.6 Å². The number of amides is 2. The van der Waals surface area contributed by atoms with E-state index in [0.717, 1.165) is 23.5 Å². The molecule has 1 heterocycles. The highest BCUT2D eigenvalue weighted by Crippen LogP contribution is 2.30. The number of aryl methyl sites for hydroxylation is 1. The number of carbonyl (C=O) groups excluding carboxylic acids is 2. The normalized spacial score (nSPS) is 10.6. The summed E-state index contributed by atoms with van der Waals surface area (Å²) in [6.07, 6.45) is 0. The Morgan fingerprint density at radius 3 is 2.36 bits per heavy atom. The minimum absolute atomic E-state index is 0.00935. The van der Waals surface area contributed by atoms with Crippen molar-refractivity contribution in [3.8, 4) is 0 Å². The summed E-state index contributed by atoms with van der Waals surface area (Å²) in [5.74, 6) is -1.88. The first-order valence-corrected chi connectivity index (χ1v) is 9.86. The van der Waals surface area contributed by atoms with Crippen molar-refractivity contribution < 1.29 is 18.4 Å². The van der Waals surface area contributed by atoms with Gasteiger partial charge in [-0.25, -0.2) is 8.78 Å². The Hall–Kier alpha value is -2.29. The summed E-state index contributed by atoms with van der Waals surface area (Å²) in [5, 5.41) is 5.77. The van der Waals surface area contributed by atoms with Gasteiger partial charge in [-0.05, 0) is 70.9 Å². The molecule has 3 aromatic rings. The van der Waals surface area contributed by atoms with Gasteiger partial charge in [-0.2, -0.15) is 0 Å². The SMILES string of the molecule is Cc1cc(NC(=O)c2ccc(F)cc2Cl)sc1C(=O)Nc1ccc(F)cc1Br. The van der Waals surface area contributed by atoms with Gasteiger partial charge in [0.2, 0.25) is 0 Å². The van der Waals surface area contributed by atoms with Crippen molar-refractivity contribution in [1.29, 1.82) is 0 Å². The van der Waals surface area contributed by atoms with Crippen LogP contribution in [-0.4, -0.2) is 11.8 Å². The summed E-state index contributed by atoms with van der Waals surface area (Å²) in [6.45, 7) is 1.73. The standard InChI is InChI=1S/C19H12BrClF2N2O2S/c1-9-6-16(25-18(26)12-4-2-11(23)8-14(12)21)28-17(9)19(27)24-15-5-3-10(22)7-13(15)20/h2-8H,1H3,(H,24,27)(H,25,26). The highest BCUT2D eigenvalue weighted by Gasteiger charge is 2.18. The number of benzene rings is 2. The maximum Gasteiger partial charge on any atom is 0.266 e. The average molecular weight is 486 g/mol. The second kappa shape index (κ2) is 8.38. The molecule has 144 valence electrons. The molecule has 0 radical (unpaired) electrons. The van der Waals surface area contributed by atoms with Gasteiger partial charge in [-0.15, -0.1) is 11.3 Å². The quantitative estimate of drug-likeness (QED) is 0.458. The van der Waals surface area contributed by atoms with Crippen LogP contribution in [-0.2, 0) is 0 Å². The fourth-order valence-corrected chi connectivity index (χ4v) is 4.06. The number of hydrogen-bond acceptors (Lipinski definition) is 3. The van der Waals surface area contributed by atoms with Gasteiger partial charge in [0, 0.05) is 4.47 Å². The van der Waals surface area contributed by atoms with Gasteiger partial charge in [0.25, 0.3) is 11.8 Å². The van der Waals surface area contributed by atoms with Crippen molar-refractivity contribution >= 4 is 61.4 Å². The van der Waals surface area contributed by atoms with Crippen LogP contribution >= 0.6 is 38.9 Å². The van der Waals surface area contributed by atoms with Crippen LogP contribution in [0.25, 0.3) is 0 Å². The smallest absolute Gasteiger partial charge is 0.266 e. The molecule has 3 rings (SSSR count). The Bertz CT molecular complexity index is 1090. The molecule has 28 heavy (non-hydrogen) atoms. The first-order chi connectivity index (χ1) is 13.2. The van der Waals surface area contributed by atoms with Crippen LogP contribution in [0.4, 0.5) is 19.5 Å². The zero-order valence-corrected chi connectivity index (χ0v) is 17.4. The monoisotopic (exact) mass is 484 g/mol. The molecule has 2 amide bonds. The van der Waals surface area contributed by atoms with Gasteiger partial charge in [0.05, 0.1) is 26.2 Å². The molecule has 0 bridgehead atoms. The molecule has 2 aromatic carbocycles. The molecule has 0 atom stereocenters. The molecular weight excluding hydrogens is 474 g/mol. The summed E-state index contributed by atoms with van der Waals surface area (Å²) in [5.41, 5.74) is 1.19. The Balaban J connectivity index is 1.77. The van der Waals surface area contributed by atoms with E-state index in [9.17, 15) is 18.4 Å². The topological polar surface area (TPSA) is 58.2 Å². The number of halogens is 4. The molecular formula is C19H12BrClF2N2O2S. The van der Waals surface area contributed by atoms with Crippen LogP contribution < -0.4 is 10.6 Å². The Morgan fingerprint density at radius 2 is 1.68 bits per heavy atom. The molecule has 0 fully saturated rings. The van der Waals surface area contributed by atoms with E-state index in [2.05, 4.69) is 26.6 Å². The van der Waals surface area contributed by atoms with E-state index < -0.39 is 23.4 Å². The molecule has 0 saturated heterocycles. The molecule has 0 aliphatic rings. The van der Waals surface area contributed by atoms with E-state index in [1.165, 1.54) is 24.3 Å². The van der Waals surface area contributed by atoms with Crippen molar-refractivity contribution in [1.82, 2.24) is 0 Å². The number of hydrogen-bond donors (Lipinski definition) is 2. The summed E-state index contributed by atoms with van der Waals surface area (Å²) in [7, 11) is 0. The van der Waals surface area contributed by atoms with E-state index in [-0.39, 0.29) is 10.6 Å². The van der Waals surface area contributed by atoms with Crippen molar-refractivity contribution in [3.05, 3.63) is 79.6 Å². The summed E-state index contributed by atoms with van der Waals surface area (Å²) >= 11 is 10.2. The molecule has 0 saturated carbocycles. The third-order valence-electron chi connectivity index (χ3n) is 3.72. The lowest BCUT2D eigenvalue weighted by Gasteiger charge is -2.07. The fraction of sp³-hybridized carbons (Fsp3) is 0.0526. The molecule has 0 aliphatic carbocycles. The van der Waals surface area contributed by atoms with Gasteiger partial charge in [0.15, 0.2) is 0 Å². The second-order valence-corrected chi connectivity index (χ2v) is 8.09. The van der Waals surface area contributed by atoms with Gasteiger partial charge >= 0.3 is 0 Å². The maximum atomic E-state index is 13.2. The Kier molecular flexibility index (Phi) is 6.12. The highest BCUT2D eigenvalue weighted by molar-refractivity contribution is 9.10. The molecule has 2 N–H and O–H groups in total. The molecule has 0 unspecified atom stereocenters. The number of anilines is 2. The first-order valence-electron chi connectivity index (χ1n) is 7.88. The van der Waals surface area contributed by atoms with Crippen LogP contribution in [0.3, 0.4) is 0 Å².